The van der Waals surface area contributed by atoms with Crippen molar-refractivity contribution in [1.29, 1.82) is 5.26 Å². The van der Waals surface area contributed by atoms with E-state index in [1.165, 1.54) is 6.26 Å². The highest BCUT2D eigenvalue weighted by Crippen LogP contribution is 2.32. The van der Waals surface area contributed by atoms with E-state index in [1.807, 2.05) is 0 Å². The molecule has 122 valence electrons. The van der Waals surface area contributed by atoms with Crippen molar-refractivity contribution in [3.63, 3.8) is 0 Å². The summed E-state index contributed by atoms with van der Waals surface area (Å²) < 4.78 is 48.7. The minimum Gasteiger partial charge on any atom is -0.468 e. The van der Waals surface area contributed by atoms with Gasteiger partial charge in [0.25, 0.3) is 0 Å². The number of halogens is 3. The van der Waals surface area contributed by atoms with Gasteiger partial charge in [-0.2, -0.15) is 18.4 Å². The number of alkyl halides is 3. The molecule has 0 bridgehead atoms. The Labute approximate surface area is 129 Å². The van der Waals surface area contributed by atoms with Crippen molar-refractivity contribution in [3.05, 3.63) is 40.9 Å². The fourth-order valence-electron chi connectivity index (χ4n) is 1.95. The zero-order chi connectivity index (χ0) is 17.0. The van der Waals surface area contributed by atoms with Crippen molar-refractivity contribution >= 4 is 0 Å². The van der Waals surface area contributed by atoms with Gasteiger partial charge >= 0.3 is 6.18 Å². The number of hydrogen-bond acceptors (Lipinski definition) is 6. The van der Waals surface area contributed by atoms with Crippen LogP contribution in [-0.2, 0) is 6.18 Å². The number of rotatable bonds is 5. The number of hydrogen-bond donors (Lipinski definition) is 1. The summed E-state index contributed by atoms with van der Waals surface area (Å²) in [6, 6.07) is 3.51. The van der Waals surface area contributed by atoms with Crippen LogP contribution >= 0.6 is 0 Å². The predicted octanol–water partition coefficient (Wildman–Crippen LogP) is 2.74. The molecule has 2 aromatic heterocycles. The highest BCUT2D eigenvalue weighted by atomic mass is 19.4. The summed E-state index contributed by atoms with van der Waals surface area (Å²) in [7, 11) is 0. The summed E-state index contributed by atoms with van der Waals surface area (Å²) in [5.74, 6) is -0.402. The van der Waals surface area contributed by atoms with Crippen LogP contribution in [0.25, 0.3) is 0 Å². The molecule has 0 radical (unpaired) electrons. The van der Waals surface area contributed by atoms with Crippen LogP contribution in [0.15, 0.2) is 22.9 Å². The molecule has 0 aliphatic rings. The smallest absolute Gasteiger partial charge is 0.433 e. The Morgan fingerprint density at radius 2 is 2.17 bits per heavy atom. The standard InChI is InChI=1S/C14H13F3N4O2/c1-8-10(7-22-21-8)11(4-5-18)23-13-9(6-19)2-3-12(20-13)14(15,16)17/h2-3,7,11H,4-5,18H2,1H3. The third kappa shape index (κ3) is 3.78. The molecule has 9 heteroatoms. The van der Waals surface area contributed by atoms with Crippen LogP contribution in [0.1, 0.15) is 35.0 Å². The van der Waals surface area contributed by atoms with E-state index >= 15 is 0 Å². The minimum absolute atomic E-state index is 0.103. The Morgan fingerprint density at radius 1 is 1.43 bits per heavy atom. The van der Waals surface area contributed by atoms with Crippen LogP contribution in [0.4, 0.5) is 13.2 Å². The van der Waals surface area contributed by atoms with Crippen LogP contribution in [0.3, 0.4) is 0 Å². The number of ether oxygens (including phenoxy) is 1. The predicted molar refractivity (Wildman–Crippen MR) is 72.2 cm³/mol. The molecule has 6 nitrogen and oxygen atoms in total. The monoisotopic (exact) mass is 326 g/mol. The van der Waals surface area contributed by atoms with Crippen molar-refractivity contribution in [2.75, 3.05) is 6.54 Å². The summed E-state index contributed by atoms with van der Waals surface area (Å²) in [5, 5.41) is 12.7. The average Bonchev–Trinajstić information content (AvgIpc) is 2.92. The second kappa shape index (κ2) is 6.66. The van der Waals surface area contributed by atoms with Crippen LogP contribution in [0.5, 0.6) is 5.88 Å². The molecule has 2 aromatic rings. The van der Waals surface area contributed by atoms with Gasteiger partial charge in [-0.1, -0.05) is 5.16 Å². The molecule has 23 heavy (non-hydrogen) atoms. The van der Waals surface area contributed by atoms with E-state index in [9.17, 15) is 13.2 Å². The zero-order valence-corrected chi connectivity index (χ0v) is 12.1. The fraction of sp³-hybridized carbons (Fsp3) is 0.357. The van der Waals surface area contributed by atoms with Crippen molar-refractivity contribution in [3.8, 4) is 11.9 Å². The maximum absolute atomic E-state index is 12.8. The molecule has 0 aliphatic heterocycles. The lowest BCUT2D eigenvalue weighted by Gasteiger charge is -2.18. The topological polar surface area (TPSA) is 98.0 Å². The SMILES string of the molecule is Cc1nocc1C(CCN)Oc1nc(C(F)(F)F)ccc1C#N. The van der Waals surface area contributed by atoms with Crippen molar-refractivity contribution in [2.45, 2.75) is 25.6 Å². The first kappa shape index (κ1) is 16.8. The second-order valence-corrected chi connectivity index (χ2v) is 4.70. The number of aryl methyl sites for hydroxylation is 1. The van der Waals surface area contributed by atoms with E-state index in [4.69, 9.17) is 20.3 Å². The van der Waals surface area contributed by atoms with E-state index in [0.717, 1.165) is 12.1 Å². The van der Waals surface area contributed by atoms with Gasteiger partial charge < -0.3 is 15.0 Å². The van der Waals surface area contributed by atoms with Crippen LogP contribution < -0.4 is 10.5 Å². The van der Waals surface area contributed by atoms with Crippen LogP contribution in [0.2, 0.25) is 0 Å². The Balaban J connectivity index is 2.39. The van der Waals surface area contributed by atoms with Gasteiger partial charge in [0.2, 0.25) is 5.88 Å². The highest BCUT2D eigenvalue weighted by Gasteiger charge is 2.34. The van der Waals surface area contributed by atoms with E-state index in [1.54, 1.807) is 13.0 Å². The minimum atomic E-state index is -4.64. The molecule has 1 atom stereocenters. The molecule has 2 rings (SSSR count). The van der Waals surface area contributed by atoms with Gasteiger partial charge in [-0.3, -0.25) is 0 Å². The molecule has 0 aliphatic carbocycles. The third-order valence-corrected chi connectivity index (χ3v) is 3.09. The maximum atomic E-state index is 12.8. The van der Waals surface area contributed by atoms with Gasteiger partial charge in [-0.15, -0.1) is 0 Å². The van der Waals surface area contributed by atoms with Crippen molar-refractivity contribution in [2.24, 2.45) is 5.73 Å². The normalized spacial score (nSPS) is 12.7. The van der Waals surface area contributed by atoms with E-state index in [-0.39, 0.29) is 12.1 Å². The average molecular weight is 326 g/mol. The van der Waals surface area contributed by atoms with E-state index < -0.39 is 23.9 Å². The van der Waals surface area contributed by atoms with Gasteiger partial charge in [0.05, 0.1) is 11.3 Å². The summed E-state index contributed by atoms with van der Waals surface area (Å²) in [6.07, 6.45) is -3.72. The molecule has 0 spiro atoms. The Bertz CT molecular complexity index is 722. The van der Waals surface area contributed by atoms with Crippen LogP contribution in [0, 0.1) is 18.3 Å². The summed E-state index contributed by atoms with van der Waals surface area (Å²) in [5.41, 5.74) is 5.33. The van der Waals surface area contributed by atoms with Gasteiger partial charge in [-0.25, -0.2) is 4.98 Å². The van der Waals surface area contributed by atoms with Gasteiger partial charge in [0.15, 0.2) is 0 Å². The van der Waals surface area contributed by atoms with Gasteiger partial charge in [0.1, 0.15) is 29.7 Å². The van der Waals surface area contributed by atoms with E-state index in [0.29, 0.717) is 17.7 Å². The number of nitrogens with two attached hydrogens (primary N) is 1. The number of nitrogens with zero attached hydrogens (tertiary/aromatic N) is 3. The molecule has 0 amide bonds. The van der Waals surface area contributed by atoms with Crippen LogP contribution in [-0.4, -0.2) is 16.7 Å². The van der Waals surface area contributed by atoms with Gasteiger partial charge in [0, 0.05) is 6.42 Å². The second-order valence-electron chi connectivity index (χ2n) is 4.70. The maximum Gasteiger partial charge on any atom is 0.433 e. The molecule has 0 fully saturated rings. The highest BCUT2D eigenvalue weighted by molar-refractivity contribution is 5.39. The molecular weight excluding hydrogens is 313 g/mol. The number of aromatic nitrogens is 2. The fourth-order valence-corrected chi connectivity index (χ4v) is 1.95. The third-order valence-electron chi connectivity index (χ3n) is 3.09. The largest absolute Gasteiger partial charge is 0.468 e. The first-order valence-corrected chi connectivity index (χ1v) is 6.62. The van der Waals surface area contributed by atoms with Gasteiger partial charge in [-0.05, 0) is 25.6 Å². The first-order chi connectivity index (χ1) is 10.9. The molecule has 2 heterocycles. The zero-order valence-electron chi connectivity index (χ0n) is 12.1. The van der Waals surface area contributed by atoms with Crippen molar-refractivity contribution in [1.82, 2.24) is 10.1 Å². The Kier molecular flexibility index (Phi) is 4.86. The summed E-state index contributed by atoms with van der Waals surface area (Å²) in [4.78, 5) is 3.41. The summed E-state index contributed by atoms with van der Waals surface area (Å²) >= 11 is 0. The first-order valence-electron chi connectivity index (χ1n) is 6.62. The van der Waals surface area contributed by atoms with E-state index in [2.05, 4.69) is 10.1 Å². The lowest BCUT2D eigenvalue weighted by atomic mass is 10.1. The lowest BCUT2D eigenvalue weighted by molar-refractivity contribution is -0.141. The number of nitriles is 1. The molecule has 0 saturated carbocycles. The molecule has 1 unspecified atom stereocenters. The molecule has 0 aromatic carbocycles. The Hall–Kier alpha value is -2.60. The quantitative estimate of drug-likeness (QED) is 0.907. The Morgan fingerprint density at radius 3 is 2.70 bits per heavy atom. The molecular formula is C14H13F3N4O2. The molecule has 0 saturated heterocycles. The molecule has 2 N–H and O–H groups in total. The lowest BCUT2D eigenvalue weighted by Crippen LogP contribution is -2.16. The summed E-state index contributed by atoms with van der Waals surface area (Å²) in [6.45, 7) is 1.88. The number of pyridine rings is 1. The van der Waals surface area contributed by atoms with Crippen molar-refractivity contribution < 1.29 is 22.4 Å².